The zero-order valence-electron chi connectivity index (χ0n) is 12.2. The molecule has 0 saturated heterocycles. The van der Waals surface area contributed by atoms with E-state index in [0.717, 1.165) is 0 Å². The van der Waals surface area contributed by atoms with E-state index >= 15 is 0 Å². The fraction of sp³-hybridized carbons (Fsp3) is 0.0588. The minimum Gasteiger partial charge on any atom is -0.435 e. The van der Waals surface area contributed by atoms with Gasteiger partial charge in [-0.05, 0) is 35.9 Å². The summed E-state index contributed by atoms with van der Waals surface area (Å²) in [7, 11) is 0. The largest absolute Gasteiger partial charge is 0.435 e. The molecule has 0 heterocycles. The Labute approximate surface area is 135 Å². The van der Waals surface area contributed by atoms with E-state index in [-0.39, 0.29) is 17.0 Å². The summed E-state index contributed by atoms with van der Waals surface area (Å²) in [4.78, 5) is 12.0. The molecule has 0 aromatic heterocycles. The molecule has 122 valence electrons. The second kappa shape index (κ2) is 7.83. The minimum absolute atomic E-state index is 0.0449. The van der Waals surface area contributed by atoms with Crippen molar-refractivity contribution in [1.82, 2.24) is 0 Å². The molecule has 0 saturated carbocycles. The number of nitriles is 1. The highest BCUT2D eigenvalue weighted by atomic mass is 19.3. The topological polar surface area (TPSA) is 62.1 Å². The highest BCUT2D eigenvalue weighted by Crippen LogP contribution is 2.18. The quantitative estimate of drug-likeness (QED) is 0.665. The second-order valence-corrected chi connectivity index (χ2v) is 4.55. The van der Waals surface area contributed by atoms with Crippen LogP contribution >= 0.6 is 0 Å². The number of rotatable bonds is 5. The smallest absolute Gasteiger partial charge is 0.387 e. The normalized spacial score (nSPS) is 11.0. The monoisotopic (exact) mass is 332 g/mol. The summed E-state index contributed by atoms with van der Waals surface area (Å²) in [5.74, 6) is -1.45. The number of hydrogen-bond acceptors (Lipinski definition) is 3. The lowest BCUT2D eigenvalue weighted by Crippen LogP contribution is -2.14. The van der Waals surface area contributed by atoms with Gasteiger partial charge in [-0.1, -0.05) is 24.3 Å². The first-order chi connectivity index (χ1) is 11.5. The second-order valence-electron chi connectivity index (χ2n) is 4.55. The minimum atomic E-state index is -2.94. The Balaban J connectivity index is 2.15. The number of nitrogens with one attached hydrogen (secondary N) is 1. The van der Waals surface area contributed by atoms with E-state index in [1.807, 2.05) is 0 Å². The van der Waals surface area contributed by atoms with E-state index in [1.54, 1.807) is 6.07 Å². The number of carbonyl (C=O) groups excluding carboxylic acids is 1. The molecule has 0 bridgehead atoms. The first kappa shape index (κ1) is 17.1. The number of alkyl halides is 2. The van der Waals surface area contributed by atoms with Gasteiger partial charge in [-0.3, -0.25) is 4.79 Å². The van der Waals surface area contributed by atoms with Crippen molar-refractivity contribution in [3.05, 3.63) is 65.5 Å². The molecule has 7 heteroatoms. The van der Waals surface area contributed by atoms with Crippen LogP contribution in [-0.4, -0.2) is 12.5 Å². The Morgan fingerprint density at radius 3 is 2.42 bits per heavy atom. The molecule has 2 rings (SSSR count). The van der Waals surface area contributed by atoms with E-state index in [0.29, 0.717) is 5.56 Å². The number of anilines is 1. The van der Waals surface area contributed by atoms with Crippen LogP contribution in [0.2, 0.25) is 0 Å². The summed E-state index contributed by atoms with van der Waals surface area (Å²) >= 11 is 0. The molecule has 0 aliphatic carbocycles. The van der Waals surface area contributed by atoms with Crippen molar-refractivity contribution in [3.8, 4) is 11.8 Å². The van der Waals surface area contributed by atoms with Gasteiger partial charge in [-0.15, -0.1) is 0 Å². The zero-order valence-corrected chi connectivity index (χ0v) is 12.2. The molecule has 0 atom stereocenters. The third-order valence-electron chi connectivity index (χ3n) is 2.90. The lowest BCUT2D eigenvalue weighted by Gasteiger charge is -2.06. The maximum Gasteiger partial charge on any atom is 0.387 e. The molecule has 1 amide bonds. The summed E-state index contributed by atoms with van der Waals surface area (Å²) in [6.07, 6.45) is 1.25. The summed E-state index contributed by atoms with van der Waals surface area (Å²) in [6.45, 7) is -2.94. The Kier molecular flexibility index (Phi) is 5.58. The summed E-state index contributed by atoms with van der Waals surface area (Å²) in [5.41, 5.74) is 0.113. The number of benzene rings is 2. The van der Waals surface area contributed by atoms with Gasteiger partial charge in [0.25, 0.3) is 5.91 Å². The molecule has 4 nitrogen and oxygen atoms in total. The molecule has 0 radical (unpaired) electrons. The summed E-state index contributed by atoms with van der Waals surface area (Å²) < 4.78 is 41.8. The zero-order chi connectivity index (χ0) is 17.5. The lowest BCUT2D eigenvalue weighted by molar-refractivity contribution is -0.112. The molecular formula is C17H11F3N2O2. The standard InChI is InChI=1S/C17H11F3N2O2/c18-14-3-1-2-4-15(14)22-16(23)12(10-21)9-11-5-7-13(8-6-11)24-17(19)20/h1-9,17H,(H,22,23)/b12-9+. The van der Waals surface area contributed by atoms with E-state index in [1.165, 1.54) is 54.6 Å². The molecule has 0 aliphatic rings. The van der Waals surface area contributed by atoms with Gasteiger partial charge in [0, 0.05) is 0 Å². The number of ether oxygens (including phenoxy) is 1. The van der Waals surface area contributed by atoms with Crippen LogP contribution < -0.4 is 10.1 Å². The van der Waals surface area contributed by atoms with Gasteiger partial charge in [0.1, 0.15) is 23.2 Å². The SMILES string of the molecule is N#C/C(=C\c1ccc(OC(F)F)cc1)C(=O)Nc1ccccc1F. The summed E-state index contributed by atoms with van der Waals surface area (Å²) in [5, 5.41) is 11.4. The van der Waals surface area contributed by atoms with Crippen LogP contribution in [0.1, 0.15) is 5.56 Å². The van der Waals surface area contributed by atoms with Crippen LogP contribution in [0.5, 0.6) is 5.75 Å². The van der Waals surface area contributed by atoms with E-state index in [4.69, 9.17) is 5.26 Å². The molecule has 0 unspecified atom stereocenters. The molecule has 0 fully saturated rings. The van der Waals surface area contributed by atoms with Gasteiger partial charge in [0.2, 0.25) is 0 Å². The van der Waals surface area contributed by atoms with Crippen molar-refractivity contribution in [1.29, 1.82) is 5.26 Å². The van der Waals surface area contributed by atoms with Crippen molar-refractivity contribution < 1.29 is 22.7 Å². The van der Waals surface area contributed by atoms with Crippen molar-refractivity contribution in [2.24, 2.45) is 0 Å². The Morgan fingerprint density at radius 1 is 1.17 bits per heavy atom. The number of hydrogen-bond donors (Lipinski definition) is 1. The van der Waals surface area contributed by atoms with Crippen LogP contribution in [0.15, 0.2) is 54.1 Å². The van der Waals surface area contributed by atoms with Crippen LogP contribution in [0.4, 0.5) is 18.9 Å². The molecule has 2 aromatic carbocycles. The number of amides is 1. The van der Waals surface area contributed by atoms with Gasteiger partial charge in [-0.25, -0.2) is 4.39 Å². The molecular weight excluding hydrogens is 321 g/mol. The average molecular weight is 332 g/mol. The van der Waals surface area contributed by atoms with Crippen molar-refractivity contribution in [3.63, 3.8) is 0 Å². The third-order valence-corrected chi connectivity index (χ3v) is 2.90. The Morgan fingerprint density at radius 2 is 1.83 bits per heavy atom. The van der Waals surface area contributed by atoms with E-state index in [9.17, 15) is 18.0 Å². The van der Waals surface area contributed by atoms with Gasteiger partial charge in [0.05, 0.1) is 5.69 Å². The van der Waals surface area contributed by atoms with Crippen molar-refractivity contribution in [2.75, 3.05) is 5.32 Å². The van der Waals surface area contributed by atoms with Crippen LogP contribution in [0, 0.1) is 17.1 Å². The molecule has 1 N–H and O–H groups in total. The molecule has 2 aromatic rings. The highest BCUT2D eigenvalue weighted by Gasteiger charge is 2.12. The van der Waals surface area contributed by atoms with Crippen LogP contribution in [0.3, 0.4) is 0 Å². The van der Waals surface area contributed by atoms with Crippen molar-refractivity contribution in [2.45, 2.75) is 6.61 Å². The molecule has 0 aliphatic heterocycles. The van der Waals surface area contributed by atoms with Crippen molar-refractivity contribution >= 4 is 17.7 Å². The maximum atomic E-state index is 13.5. The number of nitrogens with zero attached hydrogens (tertiary/aromatic N) is 1. The predicted octanol–water partition coefficient (Wildman–Crippen LogP) is 3.97. The Hall–Kier alpha value is -3.27. The van der Waals surface area contributed by atoms with E-state index < -0.39 is 18.3 Å². The fourth-order valence-corrected chi connectivity index (χ4v) is 1.81. The lowest BCUT2D eigenvalue weighted by atomic mass is 10.1. The third kappa shape index (κ3) is 4.61. The average Bonchev–Trinajstić information content (AvgIpc) is 2.55. The maximum absolute atomic E-state index is 13.5. The van der Waals surface area contributed by atoms with Gasteiger partial charge >= 0.3 is 6.61 Å². The first-order valence-electron chi connectivity index (χ1n) is 6.72. The fourth-order valence-electron chi connectivity index (χ4n) is 1.81. The van der Waals surface area contributed by atoms with Crippen LogP contribution in [-0.2, 0) is 4.79 Å². The van der Waals surface area contributed by atoms with Gasteiger partial charge in [0.15, 0.2) is 0 Å². The molecule has 24 heavy (non-hydrogen) atoms. The van der Waals surface area contributed by atoms with Gasteiger partial charge in [-0.2, -0.15) is 14.0 Å². The van der Waals surface area contributed by atoms with Crippen LogP contribution in [0.25, 0.3) is 6.08 Å². The predicted molar refractivity (Wildman–Crippen MR) is 81.7 cm³/mol. The van der Waals surface area contributed by atoms with E-state index in [2.05, 4.69) is 10.1 Å². The highest BCUT2D eigenvalue weighted by molar-refractivity contribution is 6.09. The first-order valence-corrected chi connectivity index (χ1v) is 6.72. The number of halogens is 3. The van der Waals surface area contributed by atoms with Gasteiger partial charge < -0.3 is 10.1 Å². The Bertz CT molecular complexity index is 796. The summed E-state index contributed by atoms with van der Waals surface area (Å²) in [6, 6.07) is 12.6. The number of para-hydroxylation sites is 1. The molecule has 0 spiro atoms. The number of carbonyl (C=O) groups is 1.